The highest BCUT2D eigenvalue weighted by atomic mass is 35.5. The maximum absolute atomic E-state index is 13.0. The summed E-state index contributed by atoms with van der Waals surface area (Å²) < 4.78 is 37.5. The minimum atomic E-state index is -3.68. The molecule has 0 aliphatic carbocycles. The van der Waals surface area contributed by atoms with Crippen LogP contribution in [0.3, 0.4) is 0 Å². The number of carbonyl (C=O) groups excluding carboxylic acids is 1. The van der Waals surface area contributed by atoms with Crippen molar-refractivity contribution < 1.29 is 22.5 Å². The number of aryl methyl sites for hydroxylation is 2. The quantitative estimate of drug-likeness (QED) is 0.741. The van der Waals surface area contributed by atoms with Crippen molar-refractivity contribution in [3.05, 3.63) is 11.5 Å². The van der Waals surface area contributed by atoms with E-state index < -0.39 is 15.4 Å². The predicted octanol–water partition coefficient (Wildman–Crippen LogP) is 0.302. The Kier molecular flexibility index (Phi) is 6.91. The Balaban J connectivity index is 0.00000261. The van der Waals surface area contributed by atoms with E-state index in [1.165, 1.54) is 4.31 Å². The van der Waals surface area contributed by atoms with Crippen LogP contribution < -0.4 is 5.73 Å². The van der Waals surface area contributed by atoms with Crippen molar-refractivity contribution in [2.45, 2.75) is 31.6 Å². The standard InChI is InChI=1S/C16H26N4O5S.ClH/c1-12-14(13(2)25-18-12)26(22,23)20-7-5-19(6-8-20)15(21)16(11-17)3-9-24-10-4-16;/h3-11,17H2,1-2H3;1H. The number of hydrogen-bond acceptors (Lipinski definition) is 7. The zero-order valence-corrected chi connectivity index (χ0v) is 17.3. The van der Waals surface area contributed by atoms with E-state index in [9.17, 15) is 13.2 Å². The molecule has 2 saturated heterocycles. The number of ether oxygens (including phenoxy) is 1. The summed E-state index contributed by atoms with van der Waals surface area (Å²) in [5.74, 6) is 0.294. The zero-order valence-electron chi connectivity index (χ0n) is 15.6. The molecule has 9 nitrogen and oxygen atoms in total. The topological polar surface area (TPSA) is 119 Å². The number of nitrogens with zero attached hydrogens (tertiary/aromatic N) is 3. The molecule has 0 unspecified atom stereocenters. The van der Waals surface area contributed by atoms with E-state index in [2.05, 4.69) is 5.16 Å². The summed E-state index contributed by atoms with van der Waals surface area (Å²) in [5.41, 5.74) is 5.68. The second kappa shape index (κ2) is 8.44. The molecule has 1 amide bonds. The van der Waals surface area contributed by atoms with Gasteiger partial charge in [-0.25, -0.2) is 8.42 Å². The van der Waals surface area contributed by atoms with Gasteiger partial charge < -0.3 is 19.9 Å². The highest BCUT2D eigenvalue weighted by Gasteiger charge is 2.43. The lowest BCUT2D eigenvalue weighted by molar-refractivity contribution is -0.148. The highest BCUT2D eigenvalue weighted by molar-refractivity contribution is 7.89. The molecule has 0 spiro atoms. The smallest absolute Gasteiger partial charge is 0.248 e. The second-order valence-electron chi connectivity index (χ2n) is 6.95. The first-order chi connectivity index (χ1) is 12.3. The van der Waals surface area contributed by atoms with Crippen molar-refractivity contribution >= 4 is 28.3 Å². The van der Waals surface area contributed by atoms with Gasteiger partial charge in [0, 0.05) is 45.9 Å². The van der Waals surface area contributed by atoms with Gasteiger partial charge in [-0.1, -0.05) is 5.16 Å². The maximum Gasteiger partial charge on any atom is 0.248 e. The first-order valence-electron chi connectivity index (χ1n) is 8.82. The Morgan fingerprint density at radius 3 is 2.26 bits per heavy atom. The van der Waals surface area contributed by atoms with Gasteiger partial charge in [-0.2, -0.15) is 4.31 Å². The fourth-order valence-electron chi connectivity index (χ4n) is 3.71. The molecule has 3 heterocycles. The number of aromatic nitrogens is 1. The second-order valence-corrected chi connectivity index (χ2v) is 8.82. The largest absolute Gasteiger partial charge is 0.381 e. The van der Waals surface area contributed by atoms with Crippen LogP contribution in [0.15, 0.2) is 9.42 Å². The molecule has 0 bridgehead atoms. The summed E-state index contributed by atoms with van der Waals surface area (Å²) in [6, 6.07) is 0. The Morgan fingerprint density at radius 1 is 1.19 bits per heavy atom. The molecule has 3 rings (SSSR count). The van der Waals surface area contributed by atoms with Crippen LogP contribution in [-0.2, 0) is 19.6 Å². The van der Waals surface area contributed by atoms with E-state index >= 15 is 0 Å². The average molecular weight is 423 g/mol. The average Bonchev–Trinajstić information content (AvgIpc) is 3.00. The number of rotatable bonds is 4. The molecule has 1 aromatic rings. The van der Waals surface area contributed by atoms with Crippen molar-refractivity contribution in [3.63, 3.8) is 0 Å². The monoisotopic (exact) mass is 422 g/mol. The van der Waals surface area contributed by atoms with Gasteiger partial charge in [0.1, 0.15) is 10.6 Å². The van der Waals surface area contributed by atoms with Crippen LogP contribution in [-0.4, -0.2) is 74.6 Å². The SMILES string of the molecule is Cc1noc(C)c1S(=O)(=O)N1CCN(C(=O)C2(CN)CCOCC2)CC1.Cl. The Bertz CT molecular complexity index is 748. The van der Waals surface area contributed by atoms with Crippen LogP contribution >= 0.6 is 12.4 Å². The molecule has 2 aliphatic heterocycles. The third-order valence-corrected chi connectivity index (χ3v) is 7.53. The third kappa shape index (κ3) is 4.00. The van der Waals surface area contributed by atoms with Gasteiger partial charge in [0.05, 0.1) is 5.41 Å². The van der Waals surface area contributed by atoms with Gasteiger partial charge in [-0.3, -0.25) is 4.79 Å². The Labute approximate surface area is 165 Å². The van der Waals surface area contributed by atoms with Gasteiger partial charge in [-0.05, 0) is 26.7 Å². The zero-order chi connectivity index (χ0) is 18.9. The highest BCUT2D eigenvalue weighted by Crippen LogP contribution is 2.32. The van der Waals surface area contributed by atoms with Crippen molar-refractivity contribution in [3.8, 4) is 0 Å². The van der Waals surface area contributed by atoms with Gasteiger partial charge in [0.15, 0.2) is 5.76 Å². The first kappa shape index (κ1) is 22.1. The molecule has 11 heteroatoms. The van der Waals surface area contributed by atoms with Crippen LogP contribution in [0, 0.1) is 19.3 Å². The molecule has 0 atom stereocenters. The van der Waals surface area contributed by atoms with Crippen molar-refractivity contribution in [2.75, 3.05) is 45.9 Å². The lowest BCUT2D eigenvalue weighted by Crippen LogP contribution is -2.57. The Morgan fingerprint density at radius 2 is 1.78 bits per heavy atom. The van der Waals surface area contributed by atoms with E-state index in [0.717, 1.165) is 0 Å². The van der Waals surface area contributed by atoms with E-state index in [1.807, 2.05) is 0 Å². The number of sulfonamides is 1. The van der Waals surface area contributed by atoms with E-state index in [1.54, 1.807) is 18.7 Å². The molecule has 1 aromatic heterocycles. The normalized spacial score (nSPS) is 20.9. The van der Waals surface area contributed by atoms with Crippen LogP contribution in [0.25, 0.3) is 0 Å². The minimum Gasteiger partial charge on any atom is -0.381 e. The fraction of sp³-hybridized carbons (Fsp3) is 0.750. The third-order valence-electron chi connectivity index (χ3n) is 5.39. The van der Waals surface area contributed by atoms with Gasteiger partial charge in [0.2, 0.25) is 15.9 Å². The molecule has 2 N–H and O–H groups in total. The number of carbonyl (C=O) groups is 1. The number of nitrogens with two attached hydrogens (primary N) is 1. The lowest BCUT2D eigenvalue weighted by Gasteiger charge is -2.41. The predicted molar refractivity (Wildman–Crippen MR) is 100 cm³/mol. The summed E-state index contributed by atoms with van der Waals surface area (Å²) >= 11 is 0. The minimum absolute atomic E-state index is 0. The van der Waals surface area contributed by atoms with Crippen LogP contribution in [0.2, 0.25) is 0 Å². The summed E-state index contributed by atoms with van der Waals surface area (Å²) in [6.07, 6.45) is 1.22. The summed E-state index contributed by atoms with van der Waals surface area (Å²) in [7, 11) is -3.68. The van der Waals surface area contributed by atoms with Crippen molar-refractivity contribution in [1.29, 1.82) is 0 Å². The van der Waals surface area contributed by atoms with Crippen LogP contribution in [0.1, 0.15) is 24.3 Å². The molecule has 154 valence electrons. The number of amides is 1. The number of hydrogen-bond donors (Lipinski definition) is 1. The van der Waals surface area contributed by atoms with Crippen molar-refractivity contribution in [1.82, 2.24) is 14.4 Å². The molecular weight excluding hydrogens is 396 g/mol. The molecule has 0 radical (unpaired) electrons. The number of halogens is 1. The maximum atomic E-state index is 13.0. The van der Waals surface area contributed by atoms with Gasteiger partial charge in [-0.15, -0.1) is 12.4 Å². The molecular formula is C16H27ClN4O5S. The summed E-state index contributed by atoms with van der Waals surface area (Å²) in [5, 5.41) is 3.73. The fourth-order valence-corrected chi connectivity index (χ4v) is 5.42. The Hall–Kier alpha value is -1.20. The molecule has 27 heavy (non-hydrogen) atoms. The molecule has 2 fully saturated rings. The summed E-state index contributed by atoms with van der Waals surface area (Å²) in [4.78, 5) is 14.9. The van der Waals surface area contributed by atoms with Crippen molar-refractivity contribution in [2.24, 2.45) is 11.1 Å². The van der Waals surface area contributed by atoms with Gasteiger partial charge >= 0.3 is 0 Å². The van der Waals surface area contributed by atoms with Gasteiger partial charge in [0.25, 0.3) is 0 Å². The first-order valence-corrected chi connectivity index (χ1v) is 10.3. The van der Waals surface area contributed by atoms with E-state index in [4.69, 9.17) is 15.0 Å². The number of piperazine rings is 1. The summed E-state index contributed by atoms with van der Waals surface area (Å²) in [6.45, 7) is 5.74. The van der Waals surface area contributed by atoms with Crippen LogP contribution in [0.4, 0.5) is 0 Å². The van der Waals surface area contributed by atoms with Crippen LogP contribution in [0.5, 0.6) is 0 Å². The molecule has 0 aromatic carbocycles. The van der Waals surface area contributed by atoms with E-state index in [-0.39, 0.29) is 48.6 Å². The molecule has 2 aliphatic rings. The van der Waals surface area contributed by atoms with E-state index in [0.29, 0.717) is 44.8 Å². The lowest BCUT2D eigenvalue weighted by atomic mass is 9.78. The molecule has 0 saturated carbocycles.